The quantitative estimate of drug-likeness (QED) is 0.588. The Kier molecular flexibility index (Phi) is 4.12. The lowest BCUT2D eigenvalue weighted by atomic mass is 10.2. The van der Waals surface area contributed by atoms with Crippen LogP contribution in [0.15, 0.2) is 6.20 Å². The van der Waals surface area contributed by atoms with E-state index in [1.165, 1.54) is 6.20 Å². The molecule has 0 atom stereocenters. The predicted molar refractivity (Wildman–Crippen MR) is 53.9 cm³/mol. The van der Waals surface area contributed by atoms with Crippen LogP contribution in [0.5, 0.6) is 0 Å². The van der Waals surface area contributed by atoms with E-state index in [9.17, 15) is 4.79 Å². The molecular weight excluding hydrogens is 180 g/mol. The van der Waals surface area contributed by atoms with Crippen LogP contribution < -0.4 is 11.1 Å². The second-order valence-corrected chi connectivity index (χ2v) is 3.16. The van der Waals surface area contributed by atoms with Gasteiger partial charge in [0.1, 0.15) is 0 Å². The fourth-order valence-corrected chi connectivity index (χ4v) is 1.15. The number of carbonyl (C=O) groups is 1. The number of nitrogens with one attached hydrogen (secondary N) is 2. The van der Waals surface area contributed by atoms with Gasteiger partial charge in [-0.05, 0) is 26.3 Å². The highest BCUT2D eigenvalue weighted by Crippen LogP contribution is 2.01. The second-order valence-electron chi connectivity index (χ2n) is 3.16. The first-order chi connectivity index (χ1) is 6.75. The first kappa shape index (κ1) is 10.7. The summed E-state index contributed by atoms with van der Waals surface area (Å²) in [5.74, 6) is -0.0757. The van der Waals surface area contributed by atoms with Gasteiger partial charge in [0.15, 0.2) is 0 Å². The molecule has 1 amide bonds. The van der Waals surface area contributed by atoms with Crippen molar-refractivity contribution in [3.05, 3.63) is 17.5 Å². The van der Waals surface area contributed by atoms with E-state index in [1.54, 1.807) is 0 Å². The van der Waals surface area contributed by atoms with Crippen molar-refractivity contribution in [1.29, 1.82) is 0 Å². The molecule has 4 N–H and O–H groups in total. The van der Waals surface area contributed by atoms with Gasteiger partial charge in [-0.1, -0.05) is 0 Å². The highest BCUT2D eigenvalue weighted by Gasteiger charge is 2.08. The minimum absolute atomic E-state index is 0.0757. The number of unbranched alkanes of at least 4 members (excludes halogenated alkanes) is 1. The van der Waals surface area contributed by atoms with Crippen LogP contribution in [-0.2, 0) is 0 Å². The zero-order valence-corrected chi connectivity index (χ0v) is 8.34. The van der Waals surface area contributed by atoms with Gasteiger partial charge in [-0.15, -0.1) is 0 Å². The number of hydrogen-bond donors (Lipinski definition) is 3. The van der Waals surface area contributed by atoms with Crippen molar-refractivity contribution in [1.82, 2.24) is 15.5 Å². The third kappa shape index (κ3) is 2.85. The Morgan fingerprint density at radius 3 is 3.00 bits per heavy atom. The minimum Gasteiger partial charge on any atom is -0.352 e. The summed E-state index contributed by atoms with van der Waals surface area (Å²) in [5, 5.41) is 9.31. The van der Waals surface area contributed by atoms with E-state index in [4.69, 9.17) is 5.73 Å². The van der Waals surface area contributed by atoms with Crippen molar-refractivity contribution < 1.29 is 4.79 Å². The lowest BCUT2D eigenvalue weighted by Crippen LogP contribution is -2.25. The average Bonchev–Trinajstić information content (AvgIpc) is 2.59. The molecule has 1 heterocycles. The summed E-state index contributed by atoms with van der Waals surface area (Å²) in [6.07, 6.45) is 3.39. The fourth-order valence-electron chi connectivity index (χ4n) is 1.15. The van der Waals surface area contributed by atoms with E-state index in [2.05, 4.69) is 15.5 Å². The van der Waals surface area contributed by atoms with Crippen molar-refractivity contribution in [3.63, 3.8) is 0 Å². The molecule has 0 saturated heterocycles. The maximum atomic E-state index is 11.5. The molecule has 1 rings (SSSR count). The van der Waals surface area contributed by atoms with Gasteiger partial charge in [0.2, 0.25) is 0 Å². The molecule has 0 bridgehead atoms. The normalized spacial score (nSPS) is 10.1. The Morgan fingerprint density at radius 1 is 1.64 bits per heavy atom. The van der Waals surface area contributed by atoms with Gasteiger partial charge in [-0.2, -0.15) is 5.10 Å². The summed E-state index contributed by atoms with van der Waals surface area (Å²) >= 11 is 0. The van der Waals surface area contributed by atoms with Gasteiger partial charge >= 0.3 is 0 Å². The number of aromatic nitrogens is 2. The van der Waals surface area contributed by atoms with Crippen LogP contribution in [0.4, 0.5) is 0 Å². The molecule has 0 aliphatic rings. The Hall–Kier alpha value is -1.36. The molecule has 1 aromatic rings. The van der Waals surface area contributed by atoms with Crippen molar-refractivity contribution >= 4 is 5.91 Å². The number of amides is 1. The maximum Gasteiger partial charge on any atom is 0.254 e. The van der Waals surface area contributed by atoms with Crippen LogP contribution >= 0.6 is 0 Å². The third-order valence-electron chi connectivity index (χ3n) is 1.99. The van der Waals surface area contributed by atoms with Gasteiger partial charge in [0.05, 0.1) is 11.8 Å². The summed E-state index contributed by atoms with van der Waals surface area (Å²) in [5.41, 5.74) is 6.74. The van der Waals surface area contributed by atoms with E-state index >= 15 is 0 Å². The van der Waals surface area contributed by atoms with Crippen LogP contribution in [0, 0.1) is 6.92 Å². The Balaban J connectivity index is 2.32. The number of nitrogens with two attached hydrogens (primary N) is 1. The van der Waals surface area contributed by atoms with E-state index in [0.29, 0.717) is 18.7 Å². The summed E-state index contributed by atoms with van der Waals surface area (Å²) < 4.78 is 0. The summed E-state index contributed by atoms with van der Waals surface area (Å²) in [6.45, 7) is 3.16. The molecule has 0 aliphatic carbocycles. The molecule has 0 fully saturated rings. The standard InChI is InChI=1S/C9H16N4O/c1-7-8(6-12-13-7)9(14)11-5-3-2-4-10/h6H,2-5,10H2,1H3,(H,11,14)(H,12,13). The van der Waals surface area contributed by atoms with E-state index in [-0.39, 0.29) is 5.91 Å². The van der Waals surface area contributed by atoms with E-state index in [1.807, 2.05) is 6.92 Å². The molecular formula is C9H16N4O. The molecule has 78 valence electrons. The molecule has 0 radical (unpaired) electrons. The minimum atomic E-state index is -0.0757. The second kappa shape index (κ2) is 5.39. The number of H-pyrrole nitrogens is 1. The van der Waals surface area contributed by atoms with Crippen molar-refractivity contribution in [3.8, 4) is 0 Å². The summed E-state index contributed by atoms with van der Waals surface area (Å²) in [4.78, 5) is 11.5. The van der Waals surface area contributed by atoms with Crippen molar-refractivity contribution in [2.45, 2.75) is 19.8 Å². The summed E-state index contributed by atoms with van der Waals surface area (Å²) in [6, 6.07) is 0. The molecule has 0 saturated carbocycles. The third-order valence-corrected chi connectivity index (χ3v) is 1.99. The largest absolute Gasteiger partial charge is 0.352 e. The molecule has 5 nitrogen and oxygen atoms in total. The van der Waals surface area contributed by atoms with Gasteiger partial charge < -0.3 is 11.1 Å². The van der Waals surface area contributed by atoms with Crippen molar-refractivity contribution in [2.75, 3.05) is 13.1 Å². The molecule has 0 unspecified atom stereocenters. The van der Waals surface area contributed by atoms with Crippen LogP contribution in [0.2, 0.25) is 0 Å². The first-order valence-electron chi connectivity index (χ1n) is 4.74. The average molecular weight is 196 g/mol. The first-order valence-corrected chi connectivity index (χ1v) is 4.74. The molecule has 5 heteroatoms. The maximum absolute atomic E-state index is 11.5. The van der Waals surface area contributed by atoms with E-state index in [0.717, 1.165) is 18.5 Å². The van der Waals surface area contributed by atoms with Gasteiger partial charge in [-0.25, -0.2) is 0 Å². The summed E-state index contributed by atoms with van der Waals surface area (Å²) in [7, 11) is 0. The molecule has 14 heavy (non-hydrogen) atoms. The molecule has 0 spiro atoms. The number of aromatic amines is 1. The SMILES string of the molecule is Cc1[nH]ncc1C(=O)NCCCCN. The highest BCUT2D eigenvalue weighted by atomic mass is 16.1. The van der Waals surface area contributed by atoms with Gasteiger partial charge in [0.25, 0.3) is 5.91 Å². The van der Waals surface area contributed by atoms with Crippen LogP contribution in [0.1, 0.15) is 28.9 Å². The van der Waals surface area contributed by atoms with E-state index < -0.39 is 0 Å². The Bertz CT molecular complexity index is 295. The van der Waals surface area contributed by atoms with Crippen molar-refractivity contribution in [2.24, 2.45) is 5.73 Å². The van der Waals surface area contributed by atoms with Gasteiger partial charge in [0, 0.05) is 12.2 Å². The lowest BCUT2D eigenvalue weighted by molar-refractivity contribution is 0.0952. The van der Waals surface area contributed by atoms with Gasteiger partial charge in [-0.3, -0.25) is 9.89 Å². The lowest BCUT2D eigenvalue weighted by Gasteiger charge is -2.02. The monoisotopic (exact) mass is 196 g/mol. The number of rotatable bonds is 5. The Labute approximate surface area is 83.1 Å². The predicted octanol–water partition coefficient (Wildman–Crippen LogP) is 0.187. The topological polar surface area (TPSA) is 83.8 Å². The smallest absolute Gasteiger partial charge is 0.254 e. The number of hydrogen-bond acceptors (Lipinski definition) is 3. The number of aryl methyl sites for hydroxylation is 1. The molecule has 1 aromatic heterocycles. The zero-order valence-electron chi connectivity index (χ0n) is 8.34. The zero-order chi connectivity index (χ0) is 10.4. The number of carbonyl (C=O) groups excluding carboxylic acids is 1. The van der Waals surface area contributed by atoms with Crippen LogP contribution in [0.25, 0.3) is 0 Å². The molecule has 0 aliphatic heterocycles. The molecule has 0 aromatic carbocycles. The number of nitrogens with zero attached hydrogens (tertiary/aromatic N) is 1. The van der Waals surface area contributed by atoms with Crippen LogP contribution in [0.3, 0.4) is 0 Å². The fraction of sp³-hybridized carbons (Fsp3) is 0.556. The van der Waals surface area contributed by atoms with Crippen LogP contribution in [-0.4, -0.2) is 29.2 Å². The highest BCUT2D eigenvalue weighted by molar-refractivity contribution is 5.94. The Morgan fingerprint density at radius 2 is 2.43 bits per heavy atom.